The smallest absolute Gasteiger partial charge is 0.329 e. The molecule has 0 fully saturated rings. The molecule has 0 aliphatic heterocycles. The quantitative estimate of drug-likeness (QED) is 0.687. The van der Waals surface area contributed by atoms with Crippen LogP contribution in [0.1, 0.15) is 31.3 Å². The number of ether oxygens (including phenoxy) is 2. The molecule has 2 aromatic rings. The molecule has 144 valence electrons. The summed E-state index contributed by atoms with van der Waals surface area (Å²) in [5, 5.41) is 5.09. The number of benzene rings is 1. The Morgan fingerprint density at radius 2 is 1.81 bits per heavy atom. The van der Waals surface area contributed by atoms with Crippen molar-refractivity contribution in [2.24, 2.45) is 0 Å². The largest absolute Gasteiger partial charge is 0.494 e. The summed E-state index contributed by atoms with van der Waals surface area (Å²) < 4.78 is 15.4. The molecule has 1 aromatic carbocycles. The molecule has 0 aliphatic rings. The molecule has 1 heterocycles. The Morgan fingerprint density at radius 1 is 1.11 bits per heavy atom. The number of carbonyl (C=O) groups excluding carboxylic acids is 3. The van der Waals surface area contributed by atoms with Crippen molar-refractivity contribution in [1.82, 2.24) is 5.32 Å². The van der Waals surface area contributed by atoms with Crippen molar-refractivity contribution in [2.45, 2.75) is 32.9 Å². The van der Waals surface area contributed by atoms with Crippen LogP contribution < -0.4 is 15.4 Å². The van der Waals surface area contributed by atoms with Gasteiger partial charge in [-0.1, -0.05) is 0 Å². The molecule has 0 radical (unpaired) electrons. The number of nitrogens with one attached hydrogen (secondary N) is 2. The zero-order chi connectivity index (χ0) is 19.8. The van der Waals surface area contributed by atoms with Gasteiger partial charge < -0.3 is 24.5 Å². The fourth-order valence-electron chi connectivity index (χ4n) is 2.11. The van der Waals surface area contributed by atoms with E-state index in [-0.39, 0.29) is 5.76 Å². The Balaban J connectivity index is 1.83. The average Bonchev–Trinajstić information content (AvgIpc) is 3.18. The summed E-state index contributed by atoms with van der Waals surface area (Å²) in [7, 11) is 0. The highest BCUT2D eigenvalue weighted by Crippen LogP contribution is 2.16. The van der Waals surface area contributed by atoms with Crippen LogP contribution in [-0.2, 0) is 14.3 Å². The van der Waals surface area contributed by atoms with Crippen molar-refractivity contribution >= 4 is 23.5 Å². The van der Waals surface area contributed by atoms with E-state index in [1.165, 1.54) is 26.2 Å². The van der Waals surface area contributed by atoms with Crippen molar-refractivity contribution in [3.05, 3.63) is 48.4 Å². The number of furan rings is 1. The third-order valence-corrected chi connectivity index (χ3v) is 3.54. The van der Waals surface area contributed by atoms with Crippen molar-refractivity contribution in [2.75, 3.05) is 11.9 Å². The number of hydrogen-bond donors (Lipinski definition) is 2. The molecule has 2 rings (SSSR count). The molecule has 8 nitrogen and oxygen atoms in total. The van der Waals surface area contributed by atoms with Gasteiger partial charge in [0.05, 0.1) is 12.9 Å². The van der Waals surface area contributed by atoms with Gasteiger partial charge in [0.2, 0.25) is 0 Å². The second-order valence-corrected chi connectivity index (χ2v) is 5.70. The van der Waals surface area contributed by atoms with Gasteiger partial charge in [-0.3, -0.25) is 9.59 Å². The van der Waals surface area contributed by atoms with E-state index in [0.717, 1.165) is 0 Å². The van der Waals surface area contributed by atoms with E-state index in [0.29, 0.717) is 18.0 Å². The lowest BCUT2D eigenvalue weighted by Crippen LogP contribution is -2.42. The number of rotatable bonds is 8. The fraction of sp³-hybridized carbons (Fsp3) is 0.316. The van der Waals surface area contributed by atoms with Gasteiger partial charge in [0.25, 0.3) is 11.8 Å². The summed E-state index contributed by atoms with van der Waals surface area (Å²) in [6, 6.07) is 8.91. The first kappa shape index (κ1) is 20.0. The molecular weight excluding hydrogens is 352 g/mol. The third kappa shape index (κ3) is 5.88. The second-order valence-electron chi connectivity index (χ2n) is 5.70. The summed E-state index contributed by atoms with van der Waals surface area (Å²) in [4.78, 5) is 36.1. The lowest BCUT2D eigenvalue weighted by molar-refractivity contribution is -0.154. The molecule has 2 atom stereocenters. The van der Waals surface area contributed by atoms with Gasteiger partial charge in [-0.05, 0) is 57.2 Å². The van der Waals surface area contributed by atoms with Gasteiger partial charge in [0, 0.05) is 5.69 Å². The Labute approximate surface area is 156 Å². The highest BCUT2D eigenvalue weighted by Gasteiger charge is 2.24. The highest BCUT2D eigenvalue weighted by atomic mass is 16.5. The fourth-order valence-corrected chi connectivity index (χ4v) is 2.11. The first-order valence-corrected chi connectivity index (χ1v) is 8.49. The molecule has 2 amide bonds. The third-order valence-electron chi connectivity index (χ3n) is 3.54. The molecular formula is C19H22N2O6. The Hall–Kier alpha value is -3.29. The maximum atomic E-state index is 12.2. The number of esters is 1. The predicted molar refractivity (Wildman–Crippen MR) is 97.4 cm³/mol. The van der Waals surface area contributed by atoms with E-state index in [2.05, 4.69) is 10.6 Å². The molecule has 0 saturated carbocycles. The summed E-state index contributed by atoms with van der Waals surface area (Å²) in [6.45, 7) is 5.33. The number of hydrogen-bond acceptors (Lipinski definition) is 6. The summed E-state index contributed by atoms with van der Waals surface area (Å²) in [6.07, 6.45) is 0.317. The number of carbonyl (C=O) groups is 3. The van der Waals surface area contributed by atoms with E-state index in [1.807, 2.05) is 6.92 Å². The van der Waals surface area contributed by atoms with E-state index in [1.54, 1.807) is 30.3 Å². The molecule has 1 aromatic heterocycles. The van der Waals surface area contributed by atoms with Crippen LogP contribution in [0.25, 0.3) is 0 Å². The normalized spacial score (nSPS) is 12.6. The summed E-state index contributed by atoms with van der Waals surface area (Å²) >= 11 is 0. The van der Waals surface area contributed by atoms with Gasteiger partial charge in [0.1, 0.15) is 11.8 Å². The predicted octanol–water partition coefficient (Wildman–Crippen LogP) is 2.37. The minimum Gasteiger partial charge on any atom is -0.494 e. The highest BCUT2D eigenvalue weighted by molar-refractivity contribution is 5.97. The molecule has 0 aliphatic carbocycles. The van der Waals surface area contributed by atoms with Crippen LogP contribution in [-0.4, -0.2) is 36.5 Å². The van der Waals surface area contributed by atoms with E-state index in [4.69, 9.17) is 13.9 Å². The van der Waals surface area contributed by atoms with Crippen LogP contribution in [0, 0.1) is 0 Å². The molecule has 8 heteroatoms. The zero-order valence-corrected chi connectivity index (χ0v) is 15.4. The topological polar surface area (TPSA) is 107 Å². The van der Waals surface area contributed by atoms with Gasteiger partial charge in [0.15, 0.2) is 11.9 Å². The van der Waals surface area contributed by atoms with E-state index < -0.39 is 29.9 Å². The second kappa shape index (κ2) is 9.42. The van der Waals surface area contributed by atoms with Gasteiger partial charge in [-0.15, -0.1) is 0 Å². The lowest BCUT2D eigenvalue weighted by atomic mass is 10.2. The van der Waals surface area contributed by atoms with Gasteiger partial charge >= 0.3 is 5.97 Å². The summed E-state index contributed by atoms with van der Waals surface area (Å²) in [5.74, 6) is -0.996. The molecule has 2 N–H and O–H groups in total. The monoisotopic (exact) mass is 374 g/mol. The molecule has 0 spiro atoms. The minimum absolute atomic E-state index is 0.0796. The van der Waals surface area contributed by atoms with Crippen LogP contribution in [0.3, 0.4) is 0 Å². The van der Waals surface area contributed by atoms with Crippen LogP contribution in [0.4, 0.5) is 5.69 Å². The number of anilines is 1. The van der Waals surface area contributed by atoms with E-state index in [9.17, 15) is 14.4 Å². The van der Waals surface area contributed by atoms with Crippen molar-refractivity contribution < 1.29 is 28.3 Å². The Morgan fingerprint density at radius 3 is 2.41 bits per heavy atom. The van der Waals surface area contributed by atoms with Crippen LogP contribution in [0.15, 0.2) is 47.1 Å². The standard InChI is InChI=1S/C19H22N2O6/c1-4-25-15-9-7-14(8-10-15)21-17(22)13(3)27-19(24)12(2)20-18(23)16-6-5-11-26-16/h5-13H,4H2,1-3H3,(H,20,23)(H,21,22)/t12-,13-/m0/s1. The van der Waals surface area contributed by atoms with Crippen molar-refractivity contribution in [3.63, 3.8) is 0 Å². The average molecular weight is 374 g/mol. The molecule has 0 bridgehead atoms. The Kier molecular flexibility index (Phi) is 6.99. The van der Waals surface area contributed by atoms with Crippen LogP contribution >= 0.6 is 0 Å². The molecule has 0 unspecified atom stereocenters. The summed E-state index contributed by atoms with van der Waals surface area (Å²) in [5.41, 5.74) is 0.547. The minimum atomic E-state index is -1.04. The first-order valence-electron chi connectivity index (χ1n) is 8.49. The maximum Gasteiger partial charge on any atom is 0.329 e. The zero-order valence-electron chi connectivity index (χ0n) is 15.4. The first-order chi connectivity index (χ1) is 12.9. The molecule has 27 heavy (non-hydrogen) atoms. The van der Waals surface area contributed by atoms with Crippen molar-refractivity contribution in [1.29, 1.82) is 0 Å². The van der Waals surface area contributed by atoms with Crippen LogP contribution in [0.5, 0.6) is 5.75 Å². The maximum absolute atomic E-state index is 12.2. The van der Waals surface area contributed by atoms with Gasteiger partial charge in [-0.2, -0.15) is 0 Å². The molecule has 0 saturated heterocycles. The lowest BCUT2D eigenvalue weighted by Gasteiger charge is -2.17. The van der Waals surface area contributed by atoms with Gasteiger partial charge in [-0.25, -0.2) is 4.79 Å². The van der Waals surface area contributed by atoms with Crippen LogP contribution in [0.2, 0.25) is 0 Å². The SMILES string of the molecule is CCOc1ccc(NC(=O)[C@H](C)OC(=O)[C@H](C)NC(=O)c2ccco2)cc1. The van der Waals surface area contributed by atoms with Crippen molar-refractivity contribution in [3.8, 4) is 5.75 Å². The van der Waals surface area contributed by atoms with E-state index >= 15 is 0 Å². The Bertz CT molecular complexity index is 770. The number of amides is 2.